The Morgan fingerprint density at radius 2 is 2.50 bits per heavy atom. The van der Waals surface area contributed by atoms with Crippen LogP contribution in [0.25, 0.3) is 0 Å². The Morgan fingerprint density at radius 3 is 3.17 bits per heavy atom. The maximum absolute atomic E-state index is 12.0. The van der Waals surface area contributed by atoms with Gasteiger partial charge in [0.15, 0.2) is 0 Å². The first kappa shape index (κ1) is 13.0. The van der Waals surface area contributed by atoms with Gasteiger partial charge in [0.25, 0.3) is 0 Å². The van der Waals surface area contributed by atoms with Crippen LogP contribution < -0.4 is 10.6 Å². The lowest BCUT2D eigenvalue weighted by molar-refractivity contribution is -0.127. The highest BCUT2D eigenvalue weighted by atomic mass is 16.2. The molecular formula is C12H21N5O. The molecule has 1 amide bonds. The minimum Gasteiger partial charge on any atom is -0.355 e. The normalized spacial score (nSPS) is 20.9. The van der Waals surface area contributed by atoms with Gasteiger partial charge in [-0.3, -0.25) is 9.69 Å². The highest BCUT2D eigenvalue weighted by molar-refractivity contribution is 5.82. The summed E-state index contributed by atoms with van der Waals surface area (Å²) in [5.74, 6) is 1.09. The fourth-order valence-corrected chi connectivity index (χ4v) is 2.22. The van der Waals surface area contributed by atoms with Crippen LogP contribution in [0.5, 0.6) is 0 Å². The van der Waals surface area contributed by atoms with E-state index in [1.807, 2.05) is 24.7 Å². The summed E-state index contributed by atoms with van der Waals surface area (Å²) in [6.07, 6.45) is 3.72. The lowest BCUT2D eigenvalue weighted by Gasteiger charge is -2.34. The third-order valence-corrected chi connectivity index (χ3v) is 3.27. The van der Waals surface area contributed by atoms with Gasteiger partial charge in [-0.2, -0.15) is 0 Å². The van der Waals surface area contributed by atoms with Gasteiger partial charge < -0.3 is 15.2 Å². The smallest absolute Gasteiger partial charge is 0.238 e. The standard InChI is InChI=1S/C12H21N5O/c1-3-14-12(18)10-8-13-4-7-17(10)9-11-15-5-6-16(11)2/h5-6,10,13H,3-4,7-9H2,1-2H3,(H,14,18). The second-order valence-electron chi connectivity index (χ2n) is 4.54. The first-order valence-corrected chi connectivity index (χ1v) is 6.41. The van der Waals surface area contributed by atoms with Crippen molar-refractivity contribution in [1.82, 2.24) is 25.1 Å². The van der Waals surface area contributed by atoms with Crippen molar-refractivity contribution in [3.05, 3.63) is 18.2 Å². The minimum absolute atomic E-state index is 0.0962. The second kappa shape index (κ2) is 5.97. The van der Waals surface area contributed by atoms with E-state index in [2.05, 4.69) is 20.5 Å². The molecule has 0 radical (unpaired) electrons. The third-order valence-electron chi connectivity index (χ3n) is 3.27. The molecule has 1 atom stereocenters. The van der Waals surface area contributed by atoms with Gasteiger partial charge in [-0.15, -0.1) is 0 Å². The molecule has 18 heavy (non-hydrogen) atoms. The summed E-state index contributed by atoms with van der Waals surface area (Å²) >= 11 is 0. The molecule has 1 unspecified atom stereocenters. The van der Waals surface area contributed by atoms with Crippen molar-refractivity contribution in [3.8, 4) is 0 Å². The molecule has 0 aliphatic carbocycles. The van der Waals surface area contributed by atoms with Gasteiger partial charge >= 0.3 is 0 Å². The molecule has 100 valence electrons. The third kappa shape index (κ3) is 2.88. The van der Waals surface area contributed by atoms with Gasteiger partial charge in [0.2, 0.25) is 5.91 Å². The first-order chi connectivity index (χ1) is 8.72. The highest BCUT2D eigenvalue weighted by Gasteiger charge is 2.28. The van der Waals surface area contributed by atoms with Crippen LogP contribution in [0.4, 0.5) is 0 Å². The van der Waals surface area contributed by atoms with Gasteiger partial charge in [-0.1, -0.05) is 0 Å². The molecule has 6 heteroatoms. The molecule has 2 N–H and O–H groups in total. The molecule has 1 aliphatic heterocycles. The molecule has 2 rings (SSSR count). The number of hydrogen-bond acceptors (Lipinski definition) is 4. The molecule has 0 saturated carbocycles. The van der Waals surface area contributed by atoms with E-state index in [1.165, 1.54) is 0 Å². The van der Waals surface area contributed by atoms with Gasteiger partial charge in [0, 0.05) is 45.6 Å². The van der Waals surface area contributed by atoms with Crippen molar-refractivity contribution < 1.29 is 4.79 Å². The molecular weight excluding hydrogens is 230 g/mol. The average molecular weight is 251 g/mol. The Bertz CT molecular complexity index is 403. The zero-order chi connectivity index (χ0) is 13.0. The number of piperazine rings is 1. The minimum atomic E-state index is -0.101. The quantitative estimate of drug-likeness (QED) is 0.745. The van der Waals surface area contributed by atoms with Gasteiger partial charge in [-0.25, -0.2) is 4.98 Å². The number of carbonyl (C=O) groups excluding carboxylic acids is 1. The maximum Gasteiger partial charge on any atom is 0.238 e. The van der Waals surface area contributed by atoms with E-state index in [0.29, 0.717) is 19.6 Å². The fraction of sp³-hybridized carbons (Fsp3) is 0.667. The molecule has 1 saturated heterocycles. The van der Waals surface area contributed by atoms with Crippen molar-refractivity contribution >= 4 is 5.91 Å². The van der Waals surface area contributed by atoms with Crippen LogP contribution in [0.15, 0.2) is 12.4 Å². The number of nitrogens with zero attached hydrogens (tertiary/aromatic N) is 3. The van der Waals surface area contributed by atoms with E-state index < -0.39 is 0 Å². The van der Waals surface area contributed by atoms with Crippen LogP contribution in [-0.4, -0.2) is 52.6 Å². The number of carbonyl (C=O) groups is 1. The van der Waals surface area contributed by atoms with E-state index >= 15 is 0 Å². The molecule has 0 aromatic carbocycles. The van der Waals surface area contributed by atoms with Crippen LogP contribution in [0, 0.1) is 0 Å². The summed E-state index contributed by atoms with van der Waals surface area (Å²) in [7, 11) is 1.98. The van der Waals surface area contributed by atoms with E-state index in [-0.39, 0.29) is 11.9 Å². The summed E-state index contributed by atoms with van der Waals surface area (Å²) < 4.78 is 2.00. The van der Waals surface area contributed by atoms with Crippen LogP contribution in [0.1, 0.15) is 12.7 Å². The van der Waals surface area contributed by atoms with Crippen LogP contribution in [0.3, 0.4) is 0 Å². The lowest BCUT2D eigenvalue weighted by Crippen LogP contribution is -2.57. The molecule has 2 heterocycles. The van der Waals surface area contributed by atoms with E-state index in [4.69, 9.17) is 0 Å². The van der Waals surface area contributed by atoms with Crippen LogP contribution in [-0.2, 0) is 18.4 Å². The summed E-state index contributed by atoms with van der Waals surface area (Å²) in [6, 6.07) is -0.101. The molecule has 1 aromatic rings. The molecule has 1 aliphatic rings. The van der Waals surface area contributed by atoms with Crippen molar-refractivity contribution in [1.29, 1.82) is 0 Å². The maximum atomic E-state index is 12.0. The number of imidazole rings is 1. The molecule has 1 aromatic heterocycles. The number of aromatic nitrogens is 2. The zero-order valence-corrected chi connectivity index (χ0v) is 11.0. The number of amides is 1. The van der Waals surface area contributed by atoms with Crippen LogP contribution in [0.2, 0.25) is 0 Å². The number of nitrogens with one attached hydrogen (secondary N) is 2. The predicted molar refractivity (Wildman–Crippen MR) is 69.0 cm³/mol. The SMILES string of the molecule is CCNC(=O)C1CNCCN1Cc1nccn1C. The fourth-order valence-electron chi connectivity index (χ4n) is 2.22. The van der Waals surface area contributed by atoms with Crippen molar-refractivity contribution in [2.75, 3.05) is 26.2 Å². The Hall–Kier alpha value is -1.40. The second-order valence-corrected chi connectivity index (χ2v) is 4.54. The highest BCUT2D eigenvalue weighted by Crippen LogP contribution is 2.09. The van der Waals surface area contributed by atoms with Crippen molar-refractivity contribution in [3.63, 3.8) is 0 Å². The monoisotopic (exact) mass is 251 g/mol. The zero-order valence-electron chi connectivity index (χ0n) is 11.0. The van der Waals surface area contributed by atoms with Gasteiger partial charge in [0.05, 0.1) is 6.54 Å². The molecule has 1 fully saturated rings. The van der Waals surface area contributed by atoms with Crippen molar-refractivity contribution in [2.45, 2.75) is 19.5 Å². The predicted octanol–water partition coefficient (Wildman–Crippen LogP) is -0.670. The Labute approximate surface area is 107 Å². The number of rotatable bonds is 4. The van der Waals surface area contributed by atoms with E-state index in [9.17, 15) is 4.79 Å². The van der Waals surface area contributed by atoms with E-state index in [0.717, 1.165) is 18.9 Å². The summed E-state index contributed by atoms with van der Waals surface area (Å²) in [5.41, 5.74) is 0. The average Bonchev–Trinajstić information content (AvgIpc) is 2.76. The number of hydrogen-bond donors (Lipinski definition) is 2. The molecule has 0 spiro atoms. The Balaban J connectivity index is 2.04. The first-order valence-electron chi connectivity index (χ1n) is 6.41. The largest absolute Gasteiger partial charge is 0.355 e. The summed E-state index contributed by atoms with van der Waals surface area (Å²) in [4.78, 5) is 18.5. The number of aryl methyl sites for hydroxylation is 1. The Morgan fingerprint density at radius 1 is 1.67 bits per heavy atom. The Kier molecular flexibility index (Phi) is 4.33. The summed E-state index contributed by atoms with van der Waals surface area (Å²) in [6.45, 7) is 5.82. The number of likely N-dealkylation sites (N-methyl/N-ethyl adjacent to an activating group) is 1. The van der Waals surface area contributed by atoms with Crippen molar-refractivity contribution in [2.24, 2.45) is 7.05 Å². The lowest BCUT2D eigenvalue weighted by atomic mass is 10.1. The van der Waals surface area contributed by atoms with Gasteiger partial charge in [0.1, 0.15) is 11.9 Å². The molecule has 0 bridgehead atoms. The van der Waals surface area contributed by atoms with Gasteiger partial charge in [-0.05, 0) is 6.92 Å². The van der Waals surface area contributed by atoms with Crippen LogP contribution >= 0.6 is 0 Å². The van der Waals surface area contributed by atoms with E-state index in [1.54, 1.807) is 6.20 Å². The molecule has 6 nitrogen and oxygen atoms in total. The summed E-state index contributed by atoms with van der Waals surface area (Å²) in [5, 5.41) is 6.16. The topological polar surface area (TPSA) is 62.2 Å².